The number of amidine groups is 1. The number of hydrogen-bond acceptors (Lipinski definition) is 6. The third-order valence-corrected chi connectivity index (χ3v) is 6.20. The molecule has 1 fully saturated rings. The highest BCUT2D eigenvalue weighted by molar-refractivity contribution is 8.18. The number of methoxy groups -OCH3 is 1. The Morgan fingerprint density at radius 1 is 1.12 bits per heavy atom. The molecule has 0 aliphatic carbocycles. The Hall–Kier alpha value is -3.85. The highest BCUT2D eigenvalue weighted by Crippen LogP contribution is 2.34. The predicted octanol–water partition coefficient (Wildman–Crippen LogP) is 5.21. The number of carbonyl (C=O) groups excluding carboxylic acids is 1. The van der Waals surface area contributed by atoms with Crippen molar-refractivity contribution in [3.63, 3.8) is 0 Å². The molecule has 2 heterocycles. The number of nitrogens with zero attached hydrogens (tertiary/aromatic N) is 3. The first kappa shape index (κ1) is 22.3. The Morgan fingerprint density at radius 3 is 2.52 bits per heavy atom. The van der Waals surface area contributed by atoms with Crippen LogP contribution in [0.15, 0.2) is 58.4 Å². The number of hydrogen-bond donors (Lipinski definition) is 1. The van der Waals surface area contributed by atoms with Gasteiger partial charge in [0.25, 0.3) is 11.6 Å². The molecule has 8 nitrogen and oxygen atoms in total. The number of benzene rings is 2. The maximum Gasteiger partial charge on any atom is 0.273 e. The first-order chi connectivity index (χ1) is 15.8. The van der Waals surface area contributed by atoms with E-state index >= 15 is 0 Å². The van der Waals surface area contributed by atoms with Gasteiger partial charge in [-0.15, -0.1) is 0 Å². The van der Waals surface area contributed by atoms with Gasteiger partial charge in [0, 0.05) is 17.5 Å². The van der Waals surface area contributed by atoms with Crippen molar-refractivity contribution < 1.29 is 14.5 Å². The lowest BCUT2D eigenvalue weighted by molar-refractivity contribution is -0.384. The van der Waals surface area contributed by atoms with Gasteiger partial charge in [-0.25, -0.2) is 4.99 Å². The smallest absolute Gasteiger partial charge is 0.273 e. The Kier molecular flexibility index (Phi) is 6.06. The number of rotatable bonds is 5. The van der Waals surface area contributed by atoms with E-state index in [-0.39, 0.29) is 11.6 Å². The standard InChI is InChI=1S/C24H22N4O4S/c1-14-5-7-18(8-6-14)25-24-26-23(29)22(33-24)12-17-11-15(2)27(16(17)3)20-10-9-19(28(30)31)13-21(20)32-4/h5-13H,1-4H3,(H,25,26,29)/b22-12+. The van der Waals surface area contributed by atoms with Crippen LogP contribution in [0.1, 0.15) is 22.5 Å². The van der Waals surface area contributed by atoms with Gasteiger partial charge < -0.3 is 14.6 Å². The Morgan fingerprint density at radius 2 is 1.85 bits per heavy atom. The molecule has 0 spiro atoms. The lowest BCUT2D eigenvalue weighted by atomic mass is 10.2. The van der Waals surface area contributed by atoms with Gasteiger partial charge >= 0.3 is 0 Å². The second-order valence-corrected chi connectivity index (χ2v) is 8.62. The fourth-order valence-electron chi connectivity index (χ4n) is 3.63. The summed E-state index contributed by atoms with van der Waals surface area (Å²) in [5.74, 6) is 0.189. The summed E-state index contributed by atoms with van der Waals surface area (Å²) in [6.45, 7) is 5.87. The number of ether oxygens (including phenoxy) is 1. The van der Waals surface area contributed by atoms with E-state index in [1.54, 1.807) is 6.07 Å². The van der Waals surface area contributed by atoms with E-state index in [0.29, 0.717) is 21.5 Å². The number of nitrogens with one attached hydrogen (secondary N) is 1. The van der Waals surface area contributed by atoms with Crippen LogP contribution in [0.2, 0.25) is 0 Å². The number of carbonyl (C=O) groups is 1. The van der Waals surface area contributed by atoms with Gasteiger partial charge in [-0.05, 0) is 68.4 Å². The van der Waals surface area contributed by atoms with E-state index in [0.717, 1.165) is 28.2 Å². The number of aliphatic imine (C=N–C) groups is 1. The summed E-state index contributed by atoms with van der Waals surface area (Å²) in [5, 5.41) is 14.5. The molecule has 1 aliphatic rings. The van der Waals surface area contributed by atoms with Crippen LogP contribution < -0.4 is 10.1 Å². The molecule has 1 aliphatic heterocycles. The second-order valence-electron chi connectivity index (χ2n) is 7.59. The molecular formula is C24H22N4O4S. The molecule has 0 radical (unpaired) electrons. The van der Waals surface area contributed by atoms with Crippen LogP contribution in [-0.4, -0.2) is 27.7 Å². The van der Waals surface area contributed by atoms with Crippen molar-refractivity contribution in [2.75, 3.05) is 7.11 Å². The minimum absolute atomic E-state index is 0.0418. The molecule has 1 saturated heterocycles. The summed E-state index contributed by atoms with van der Waals surface area (Å²) < 4.78 is 7.37. The van der Waals surface area contributed by atoms with Gasteiger partial charge in [-0.2, -0.15) is 0 Å². The number of aryl methyl sites for hydroxylation is 2. The molecule has 0 atom stereocenters. The summed E-state index contributed by atoms with van der Waals surface area (Å²) in [6, 6.07) is 14.2. The number of nitro groups is 1. The van der Waals surface area contributed by atoms with Crippen LogP contribution in [0.5, 0.6) is 5.75 Å². The Balaban J connectivity index is 1.67. The molecule has 168 valence electrons. The van der Waals surface area contributed by atoms with Gasteiger partial charge in [-0.3, -0.25) is 14.9 Å². The Bertz CT molecular complexity index is 1320. The number of aromatic nitrogens is 1. The van der Waals surface area contributed by atoms with Crippen molar-refractivity contribution in [3.05, 3.63) is 86.1 Å². The minimum Gasteiger partial charge on any atom is -0.494 e. The zero-order valence-electron chi connectivity index (χ0n) is 18.6. The van der Waals surface area contributed by atoms with Gasteiger partial charge in [0.1, 0.15) is 5.75 Å². The first-order valence-corrected chi connectivity index (χ1v) is 11.0. The van der Waals surface area contributed by atoms with Crippen molar-refractivity contribution in [2.24, 2.45) is 4.99 Å². The van der Waals surface area contributed by atoms with Crippen LogP contribution in [0.3, 0.4) is 0 Å². The van der Waals surface area contributed by atoms with E-state index in [4.69, 9.17) is 4.74 Å². The first-order valence-electron chi connectivity index (χ1n) is 10.1. The van der Waals surface area contributed by atoms with Crippen molar-refractivity contribution >= 4 is 40.3 Å². The van der Waals surface area contributed by atoms with Crippen LogP contribution in [0.25, 0.3) is 11.8 Å². The summed E-state index contributed by atoms with van der Waals surface area (Å²) >= 11 is 1.29. The average molecular weight is 463 g/mol. The summed E-state index contributed by atoms with van der Waals surface area (Å²) in [4.78, 5) is 28.3. The molecule has 0 bridgehead atoms. The van der Waals surface area contributed by atoms with Crippen molar-refractivity contribution in [1.82, 2.24) is 9.88 Å². The Labute approximate surface area is 195 Å². The predicted molar refractivity (Wildman–Crippen MR) is 130 cm³/mol. The van der Waals surface area contributed by atoms with E-state index in [9.17, 15) is 14.9 Å². The van der Waals surface area contributed by atoms with Crippen LogP contribution in [-0.2, 0) is 4.79 Å². The fraction of sp³-hybridized carbons (Fsp3) is 0.167. The summed E-state index contributed by atoms with van der Waals surface area (Å²) in [7, 11) is 1.48. The fourth-order valence-corrected chi connectivity index (χ4v) is 4.46. The molecule has 33 heavy (non-hydrogen) atoms. The number of nitro benzene ring substituents is 1. The van der Waals surface area contributed by atoms with Crippen molar-refractivity contribution in [3.8, 4) is 11.4 Å². The van der Waals surface area contributed by atoms with Crippen molar-refractivity contribution in [2.45, 2.75) is 20.8 Å². The SMILES string of the molecule is COc1cc([N+](=O)[O-])ccc1-n1c(C)cc(/C=C2/SC(=Nc3ccc(C)cc3)NC2=O)c1C. The number of thioether (sulfide) groups is 1. The quantitative estimate of drug-likeness (QED) is 0.319. The van der Waals surface area contributed by atoms with E-state index < -0.39 is 4.92 Å². The normalized spacial score (nSPS) is 15.8. The zero-order valence-corrected chi connectivity index (χ0v) is 19.4. The minimum atomic E-state index is -0.455. The summed E-state index contributed by atoms with van der Waals surface area (Å²) in [6.07, 6.45) is 1.83. The lowest BCUT2D eigenvalue weighted by Gasteiger charge is -2.13. The monoisotopic (exact) mass is 462 g/mol. The van der Waals surface area contributed by atoms with Crippen LogP contribution in [0.4, 0.5) is 11.4 Å². The van der Waals surface area contributed by atoms with Crippen molar-refractivity contribution in [1.29, 1.82) is 0 Å². The lowest BCUT2D eigenvalue weighted by Crippen LogP contribution is -2.19. The average Bonchev–Trinajstić information content (AvgIpc) is 3.27. The third-order valence-electron chi connectivity index (χ3n) is 5.29. The maximum absolute atomic E-state index is 12.5. The zero-order chi connectivity index (χ0) is 23.7. The molecule has 1 N–H and O–H groups in total. The molecule has 2 aromatic carbocycles. The van der Waals surface area contributed by atoms with Gasteiger partial charge in [0.05, 0.1) is 34.4 Å². The van der Waals surface area contributed by atoms with E-state index in [2.05, 4.69) is 10.3 Å². The highest BCUT2D eigenvalue weighted by atomic mass is 32.2. The number of non-ortho nitro benzene ring substituents is 1. The van der Waals surface area contributed by atoms with E-state index in [1.807, 2.05) is 61.7 Å². The molecule has 0 unspecified atom stereocenters. The highest BCUT2D eigenvalue weighted by Gasteiger charge is 2.25. The molecule has 9 heteroatoms. The topological polar surface area (TPSA) is 98.8 Å². The molecule has 3 aromatic rings. The second kappa shape index (κ2) is 8.95. The maximum atomic E-state index is 12.5. The molecular weight excluding hydrogens is 440 g/mol. The molecule has 4 rings (SSSR count). The van der Waals surface area contributed by atoms with E-state index in [1.165, 1.54) is 31.0 Å². The molecule has 1 aromatic heterocycles. The van der Waals surface area contributed by atoms with Gasteiger partial charge in [-0.1, -0.05) is 17.7 Å². The molecule has 0 saturated carbocycles. The largest absolute Gasteiger partial charge is 0.494 e. The summed E-state index contributed by atoms with van der Waals surface area (Å²) in [5.41, 5.74) is 5.21. The third kappa shape index (κ3) is 4.54. The number of amides is 1. The van der Waals surface area contributed by atoms with Crippen LogP contribution >= 0.6 is 11.8 Å². The van der Waals surface area contributed by atoms with Crippen LogP contribution in [0, 0.1) is 30.9 Å². The van der Waals surface area contributed by atoms with Gasteiger partial charge in [0.2, 0.25) is 0 Å². The molecule has 1 amide bonds. The van der Waals surface area contributed by atoms with Gasteiger partial charge in [0.15, 0.2) is 5.17 Å².